The number of amides is 2. The highest BCUT2D eigenvalue weighted by atomic mass is 32.1. The second kappa shape index (κ2) is 8.31. The third-order valence-corrected chi connectivity index (χ3v) is 4.63. The van der Waals surface area contributed by atoms with Gasteiger partial charge < -0.3 is 10.1 Å². The molecule has 2 amide bonds. The predicted molar refractivity (Wildman–Crippen MR) is 103 cm³/mol. The molecule has 0 saturated carbocycles. The number of anilines is 2. The molecule has 0 aliphatic carbocycles. The number of ether oxygens (including phenoxy) is 1. The summed E-state index contributed by atoms with van der Waals surface area (Å²) < 4.78 is 43.3. The minimum Gasteiger partial charge on any atom is -0.453 e. The lowest BCUT2D eigenvalue weighted by atomic mass is 10.1. The quantitative estimate of drug-likeness (QED) is 0.602. The number of nitrogens with zero attached hydrogens (tertiary/aromatic N) is 1. The molecule has 0 atom stereocenters. The maximum absolute atomic E-state index is 12.9. The smallest absolute Gasteiger partial charge is 0.416 e. The molecule has 3 rings (SSSR count). The third kappa shape index (κ3) is 4.91. The van der Waals surface area contributed by atoms with Gasteiger partial charge in [-0.05, 0) is 18.2 Å². The van der Waals surface area contributed by atoms with Gasteiger partial charge in [-0.25, -0.2) is 9.78 Å². The van der Waals surface area contributed by atoms with Crippen LogP contribution in [-0.4, -0.2) is 24.1 Å². The molecule has 0 saturated heterocycles. The maximum Gasteiger partial charge on any atom is 0.416 e. The summed E-state index contributed by atoms with van der Waals surface area (Å²) in [6.45, 7) is 0. The van der Waals surface area contributed by atoms with E-state index >= 15 is 0 Å². The molecule has 0 aliphatic heterocycles. The van der Waals surface area contributed by atoms with Gasteiger partial charge in [-0.2, -0.15) is 13.2 Å². The lowest BCUT2D eigenvalue weighted by Crippen LogP contribution is -2.13. The van der Waals surface area contributed by atoms with E-state index in [0.717, 1.165) is 29.5 Å². The van der Waals surface area contributed by atoms with Crippen LogP contribution in [0.25, 0.3) is 11.3 Å². The molecule has 10 heteroatoms. The average molecular weight is 421 g/mol. The van der Waals surface area contributed by atoms with Crippen molar-refractivity contribution in [1.82, 2.24) is 4.98 Å². The van der Waals surface area contributed by atoms with E-state index in [1.54, 1.807) is 30.3 Å². The summed E-state index contributed by atoms with van der Waals surface area (Å²) >= 11 is 0.954. The van der Waals surface area contributed by atoms with Crippen molar-refractivity contribution in [2.75, 3.05) is 17.7 Å². The Morgan fingerprint density at radius 1 is 1.03 bits per heavy atom. The van der Waals surface area contributed by atoms with Crippen molar-refractivity contribution < 1.29 is 27.5 Å². The van der Waals surface area contributed by atoms with E-state index in [4.69, 9.17) is 0 Å². The fourth-order valence-electron chi connectivity index (χ4n) is 2.40. The number of alkyl halides is 3. The molecule has 150 valence electrons. The zero-order valence-corrected chi connectivity index (χ0v) is 15.7. The van der Waals surface area contributed by atoms with Crippen molar-refractivity contribution in [2.45, 2.75) is 6.18 Å². The van der Waals surface area contributed by atoms with Crippen LogP contribution in [0.5, 0.6) is 0 Å². The van der Waals surface area contributed by atoms with Crippen molar-refractivity contribution >= 4 is 33.5 Å². The van der Waals surface area contributed by atoms with Crippen LogP contribution in [-0.2, 0) is 10.9 Å². The van der Waals surface area contributed by atoms with Crippen LogP contribution in [0.1, 0.15) is 15.9 Å². The fraction of sp³-hybridized carbons (Fsp3) is 0.105. The number of nitrogens with one attached hydrogen (secondary N) is 2. The number of halogens is 3. The van der Waals surface area contributed by atoms with E-state index in [9.17, 15) is 22.8 Å². The summed E-state index contributed by atoms with van der Waals surface area (Å²) in [4.78, 5) is 28.3. The van der Waals surface area contributed by atoms with E-state index in [1.807, 2.05) is 0 Å². The second-order valence-corrected chi connectivity index (χ2v) is 6.71. The van der Waals surface area contributed by atoms with Gasteiger partial charge in [0.15, 0.2) is 5.13 Å². The molecule has 29 heavy (non-hydrogen) atoms. The highest BCUT2D eigenvalue weighted by Gasteiger charge is 2.31. The molecule has 0 aliphatic rings. The van der Waals surface area contributed by atoms with Crippen LogP contribution in [0.2, 0.25) is 0 Å². The van der Waals surface area contributed by atoms with Gasteiger partial charge in [0.1, 0.15) is 10.7 Å². The van der Waals surface area contributed by atoms with Gasteiger partial charge >= 0.3 is 12.3 Å². The first-order valence-electron chi connectivity index (χ1n) is 8.18. The van der Waals surface area contributed by atoms with Crippen LogP contribution >= 0.6 is 11.3 Å². The van der Waals surface area contributed by atoms with Crippen molar-refractivity contribution in [2.24, 2.45) is 0 Å². The standard InChI is InChI=1S/C19H14F3N3O3S/c1-28-18(27)25-17-23-14(11-6-3-2-4-7-11)16(29-17)24-15(26)12-8-5-9-13(10-12)19(20,21)22/h2-10H,1H3,(H,24,26)(H,23,25,27). The third-order valence-electron chi connectivity index (χ3n) is 3.75. The lowest BCUT2D eigenvalue weighted by molar-refractivity contribution is -0.137. The molecule has 3 aromatic rings. The van der Waals surface area contributed by atoms with Crippen molar-refractivity contribution in [3.05, 3.63) is 65.7 Å². The van der Waals surface area contributed by atoms with Crippen LogP contribution in [0.4, 0.5) is 28.1 Å². The van der Waals surface area contributed by atoms with Crippen molar-refractivity contribution in [1.29, 1.82) is 0 Å². The first kappa shape index (κ1) is 20.3. The molecule has 6 nitrogen and oxygen atoms in total. The fourth-order valence-corrected chi connectivity index (χ4v) is 3.27. The molecule has 0 spiro atoms. The Hall–Kier alpha value is -3.40. The number of aromatic nitrogens is 1. The van der Waals surface area contributed by atoms with Crippen LogP contribution in [0.3, 0.4) is 0 Å². The number of hydrogen-bond acceptors (Lipinski definition) is 5. The Morgan fingerprint density at radius 3 is 2.41 bits per heavy atom. The SMILES string of the molecule is COC(=O)Nc1nc(-c2ccccc2)c(NC(=O)c2cccc(C(F)(F)F)c2)s1. The van der Waals surface area contributed by atoms with Crippen molar-refractivity contribution in [3.63, 3.8) is 0 Å². The molecule has 1 aromatic heterocycles. The molecule has 1 heterocycles. The number of carbonyl (C=O) groups is 2. The number of benzene rings is 2. The summed E-state index contributed by atoms with van der Waals surface area (Å²) in [5.41, 5.74) is -0.0659. The monoisotopic (exact) mass is 421 g/mol. The highest BCUT2D eigenvalue weighted by molar-refractivity contribution is 7.20. The van der Waals surface area contributed by atoms with Crippen LogP contribution in [0, 0.1) is 0 Å². The Morgan fingerprint density at radius 2 is 1.76 bits per heavy atom. The van der Waals surface area contributed by atoms with Crippen LogP contribution < -0.4 is 10.6 Å². The minimum atomic E-state index is -4.56. The Bertz CT molecular complexity index is 1040. The summed E-state index contributed by atoms with van der Waals surface area (Å²) in [6, 6.07) is 12.9. The van der Waals surface area contributed by atoms with Gasteiger partial charge in [0, 0.05) is 11.1 Å². The molecule has 2 N–H and O–H groups in total. The number of thiazole rings is 1. The zero-order valence-electron chi connectivity index (χ0n) is 14.9. The van der Waals surface area contributed by atoms with Gasteiger partial charge in [0.05, 0.1) is 12.7 Å². The lowest BCUT2D eigenvalue weighted by Gasteiger charge is -2.09. The molecule has 0 fully saturated rings. The first-order chi connectivity index (χ1) is 13.8. The average Bonchev–Trinajstić information content (AvgIpc) is 3.10. The maximum atomic E-state index is 12.9. The first-order valence-corrected chi connectivity index (χ1v) is 8.99. The highest BCUT2D eigenvalue weighted by Crippen LogP contribution is 2.36. The van der Waals surface area contributed by atoms with E-state index in [0.29, 0.717) is 11.3 Å². The van der Waals surface area contributed by atoms with E-state index in [-0.39, 0.29) is 15.7 Å². The number of rotatable bonds is 4. The molecule has 0 bridgehead atoms. The number of methoxy groups -OCH3 is 1. The molecule has 2 aromatic carbocycles. The normalized spacial score (nSPS) is 11.0. The van der Waals surface area contributed by atoms with Gasteiger partial charge in [0.25, 0.3) is 5.91 Å². The second-order valence-electron chi connectivity index (χ2n) is 5.71. The number of carbonyl (C=O) groups excluding carboxylic acids is 2. The van der Waals surface area contributed by atoms with Gasteiger partial charge in [-0.3, -0.25) is 10.1 Å². The summed E-state index contributed by atoms with van der Waals surface area (Å²) in [6.07, 6.45) is -5.30. The van der Waals surface area contributed by atoms with E-state index in [1.165, 1.54) is 13.2 Å². The largest absolute Gasteiger partial charge is 0.453 e. The molecule has 0 radical (unpaired) electrons. The van der Waals surface area contributed by atoms with Gasteiger partial charge in [-0.15, -0.1) is 0 Å². The minimum absolute atomic E-state index is 0.158. The molecular formula is C19H14F3N3O3S. The Labute approximate surface area is 167 Å². The number of hydrogen-bond donors (Lipinski definition) is 2. The van der Waals surface area contributed by atoms with Crippen molar-refractivity contribution in [3.8, 4) is 11.3 Å². The van der Waals surface area contributed by atoms with E-state index < -0.39 is 23.7 Å². The summed E-state index contributed by atoms with van der Waals surface area (Å²) in [5.74, 6) is -0.735. The summed E-state index contributed by atoms with van der Waals surface area (Å²) in [7, 11) is 1.19. The van der Waals surface area contributed by atoms with Gasteiger partial charge in [-0.1, -0.05) is 47.7 Å². The predicted octanol–water partition coefficient (Wildman–Crippen LogP) is 5.26. The zero-order chi connectivity index (χ0) is 21.0. The van der Waals surface area contributed by atoms with Gasteiger partial charge in [0.2, 0.25) is 0 Å². The van der Waals surface area contributed by atoms with Crippen LogP contribution in [0.15, 0.2) is 54.6 Å². The Kier molecular flexibility index (Phi) is 5.83. The molecular weight excluding hydrogens is 407 g/mol. The Balaban J connectivity index is 1.93. The topological polar surface area (TPSA) is 80.3 Å². The van der Waals surface area contributed by atoms with E-state index in [2.05, 4.69) is 20.4 Å². The summed E-state index contributed by atoms with van der Waals surface area (Å²) in [5, 5.41) is 5.41. The molecule has 0 unspecified atom stereocenters.